The lowest BCUT2D eigenvalue weighted by atomic mass is 10.2. The molecular formula is C6H12FN3. The largest absolute Gasteiger partial charge is 0.280 e. The number of hydrogen-bond acceptors (Lipinski definition) is 3. The Balaban J connectivity index is 2.14. The third kappa shape index (κ3) is 1.93. The molecule has 10 heavy (non-hydrogen) atoms. The lowest BCUT2D eigenvalue weighted by molar-refractivity contribution is 0.367. The van der Waals surface area contributed by atoms with Crippen LogP contribution in [-0.2, 0) is 0 Å². The van der Waals surface area contributed by atoms with Gasteiger partial charge in [0, 0.05) is 7.05 Å². The molecule has 1 rings (SSSR count). The Morgan fingerprint density at radius 3 is 3.00 bits per heavy atom. The van der Waals surface area contributed by atoms with Gasteiger partial charge in [0.15, 0.2) is 0 Å². The Hall–Kier alpha value is -0.670. The van der Waals surface area contributed by atoms with Crippen LogP contribution in [0.4, 0.5) is 4.39 Å². The molecule has 1 aliphatic rings. The van der Waals surface area contributed by atoms with E-state index >= 15 is 0 Å². The maximum Gasteiger partial charge on any atom is 0.0922 e. The van der Waals surface area contributed by atoms with Crippen molar-refractivity contribution in [3.05, 3.63) is 0 Å². The lowest BCUT2D eigenvalue weighted by Crippen LogP contribution is -2.16. The van der Waals surface area contributed by atoms with Crippen LogP contribution in [-0.4, -0.2) is 31.3 Å². The molecule has 0 aromatic rings. The van der Waals surface area contributed by atoms with Crippen LogP contribution in [0, 0.1) is 0 Å². The molecule has 0 aromatic heterocycles. The first kappa shape index (κ1) is 7.44. The van der Waals surface area contributed by atoms with Gasteiger partial charge < -0.3 is 0 Å². The van der Waals surface area contributed by atoms with Crippen molar-refractivity contribution in [2.24, 2.45) is 10.3 Å². The van der Waals surface area contributed by atoms with Gasteiger partial charge in [-0.25, -0.2) is 0 Å². The van der Waals surface area contributed by atoms with E-state index in [1.54, 1.807) is 5.01 Å². The van der Waals surface area contributed by atoms with Gasteiger partial charge in [0.25, 0.3) is 0 Å². The van der Waals surface area contributed by atoms with Crippen molar-refractivity contribution in [2.45, 2.75) is 18.9 Å². The molecule has 0 N–H and O–H groups in total. The van der Waals surface area contributed by atoms with E-state index in [9.17, 15) is 4.39 Å². The zero-order chi connectivity index (χ0) is 7.40. The van der Waals surface area contributed by atoms with Crippen molar-refractivity contribution in [2.75, 3.05) is 20.3 Å². The molecule has 0 amide bonds. The molecule has 4 heteroatoms. The number of nitrogens with zero attached hydrogens (tertiary/aromatic N) is 3. The van der Waals surface area contributed by atoms with Crippen molar-refractivity contribution in [3.63, 3.8) is 0 Å². The van der Waals surface area contributed by atoms with Gasteiger partial charge in [-0.05, 0) is 12.8 Å². The zero-order valence-electron chi connectivity index (χ0n) is 6.13. The van der Waals surface area contributed by atoms with E-state index in [1.807, 2.05) is 7.05 Å². The fourth-order valence-corrected chi connectivity index (χ4v) is 1.00. The predicted molar refractivity (Wildman–Crippen MR) is 36.5 cm³/mol. The maximum atomic E-state index is 11.7. The summed E-state index contributed by atoms with van der Waals surface area (Å²) in [7, 11) is 1.87. The quantitative estimate of drug-likeness (QED) is 0.590. The molecular weight excluding hydrogens is 133 g/mol. The first-order valence-electron chi connectivity index (χ1n) is 3.51. The normalized spacial score (nSPS) is 24.2. The van der Waals surface area contributed by atoms with Crippen LogP contribution in [0.25, 0.3) is 0 Å². The summed E-state index contributed by atoms with van der Waals surface area (Å²) in [5.74, 6) is 0. The van der Waals surface area contributed by atoms with Gasteiger partial charge in [-0.15, -0.1) is 0 Å². The van der Waals surface area contributed by atoms with E-state index in [1.165, 1.54) is 0 Å². The van der Waals surface area contributed by atoms with E-state index in [0.29, 0.717) is 6.42 Å². The van der Waals surface area contributed by atoms with Gasteiger partial charge in [-0.2, -0.15) is 5.11 Å². The van der Waals surface area contributed by atoms with Crippen molar-refractivity contribution in [1.82, 2.24) is 5.01 Å². The van der Waals surface area contributed by atoms with Crippen LogP contribution in [0.2, 0.25) is 0 Å². The van der Waals surface area contributed by atoms with E-state index < -0.39 is 0 Å². The molecule has 58 valence electrons. The zero-order valence-corrected chi connectivity index (χ0v) is 6.13. The summed E-state index contributed by atoms with van der Waals surface area (Å²) < 4.78 is 11.7. The van der Waals surface area contributed by atoms with Gasteiger partial charge in [-0.3, -0.25) is 9.40 Å². The summed E-state index contributed by atoms with van der Waals surface area (Å²) in [6, 6.07) is 0.237. The van der Waals surface area contributed by atoms with Gasteiger partial charge in [-0.1, -0.05) is 5.22 Å². The number of hydrogen-bond donors (Lipinski definition) is 0. The van der Waals surface area contributed by atoms with Crippen LogP contribution in [0.15, 0.2) is 10.3 Å². The fraction of sp³-hybridized carbons (Fsp3) is 1.00. The summed E-state index contributed by atoms with van der Waals surface area (Å²) in [4.78, 5) is 0. The van der Waals surface area contributed by atoms with Crippen molar-refractivity contribution in [1.29, 1.82) is 0 Å². The smallest absolute Gasteiger partial charge is 0.0922 e. The summed E-state index contributed by atoms with van der Waals surface area (Å²) in [5.41, 5.74) is 0. The molecule has 0 aromatic carbocycles. The second-order valence-electron chi connectivity index (χ2n) is 2.53. The Bertz CT molecular complexity index is 126. The van der Waals surface area contributed by atoms with E-state index in [4.69, 9.17) is 0 Å². The lowest BCUT2D eigenvalue weighted by Gasteiger charge is -2.05. The number of alkyl halides is 1. The van der Waals surface area contributed by atoms with E-state index in [0.717, 1.165) is 13.0 Å². The molecule has 0 saturated heterocycles. The standard InChI is InChI=1S/C6H12FN3/c1-10-5-6(8-9-10)3-2-4-7/h6H,2-5H2,1H3. The predicted octanol–water partition coefficient (Wildman–Crippen LogP) is 1.42. The van der Waals surface area contributed by atoms with Crippen LogP contribution in [0.1, 0.15) is 12.8 Å². The molecule has 0 bridgehead atoms. The average molecular weight is 145 g/mol. The third-order valence-corrected chi connectivity index (χ3v) is 1.51. The van der Waals surface area contributed by atoms with Crippen LogP contribution in [0.3, 0.4) is 0 Å². The number of rotatable bonds is 3. The summed E-state index contributed by atoms with van der Waals surface area (Å²) >= 11 is 0. The Kier molecular flexibility index (Phi) is 2.59. The first-order chi connectivity index (χ1) is 4.83. The molecule has 0 radical (unpaired) electrons. The second-order valence-corrected chi connectivity index (χ2v) is 2.53. The molecule has 0 spiro atoms. The topological polar surface area (TPSA) is 28.0 Å². The Labute approximate surface area is 59.9 Å². The SMILES string of the molecule is CN1CC(CCCF)N=N1. The molecule has 0 saturated carbocycles. The fourth-order valence-electron chi connectivity index (χ4n) is 1.00. The third-order valence-electron chi connectivity index (χ3n) is 1.51. The number of halogens is 1. The summed E-state index contributed by atoms with van der Waals surface area (Å²) in [6.07, 6.45) is 1.43. The first-order valence-corrected chi connectivity index (χ1v) is 3.51. The molecule has 1 aliphatic heterocycles. The molecule has 0 fully saturated rings. The van der Waals surface area contributed by atoms with Gasteiger partial charge >= 0.3 is 0 Å². The van der Waals surface area contributed by atoms with Gasteiger partial charge in [0.05, 0.1) is 19.3 Å². The molecule has 1 unspecified atom stereocenters. The van der Waals surface area contributed by atoms with Crippen molar-refractivity contribution in [3.8, 4) is 0 Å². The Morgan fingerprint density at radius 2 is 2.50 bits per heavy atom. The maximum absolute atomic E-state index is 11.7. The van der Waals surface area contributed by atoms with Crippen LogP contribution < -0.4 is 0 Å². The van der Waals surface area contributed by atoms with Gasteiger partial charge in [0.1, 0.15) is 0 Å². The molecule has 0 aliphatic carbocycles. The van der Waals surface area contributed by atoms with Gasteiger partial charge in [0.2, 0.25) is 0 Å². The van der Waals surface area contributed by atoms with E-state index in [-0.39, 0.29) is 12.7 Å². The molecule has 1 atom stereocenters. The highest BCUT2D eigenvalue weighted by molar-refractivity contribution is 4.70. The highest BCUT2D eigenvalue weighted by Gasteiger charge is 2.14. The summed E-state index contributed by atoms with van der Waals surface area (Å²) in [5, 5.41) is 9.53. The summed E-state index contributed by atoms with van der Waals surface area (Å²) in [6.45, 7) is 0.607. The Morgan fingerprint density at radius 1 is 1.70 bits per heavy atom. The highest BCUT2D eigenvalue weighted by Crippen LogP contribution is 2.11. The minimum absolute atomic E-state index is 0.237. The van der Waals surface area contributed by atoms with Crippen LogP contribution >= 0.6 is 0 Å². The van der Waals surface area contributed by atoms with E-state index in [2.05, 4.69) is 10.3 Å². The highest BCUT2D eigenvalue weighted by atomic mass is 19.1. The monoisotopic (exact) mass is 145 g/mol. The number of likely N-dealkylation sites (N-methyl/N-ethyl adjacent to an activating group) is 1. The van der Waals surface area contributed by atoms with Crippen LogP contribution in [0.5, 0.6) is 0 Å². The minimum atomic E-state index is -0.240. The van der Waals surface area contributed by atoms with Crippen molar-refractivity contribution < 1.29 is 4.39 Å². The average Bonchev–Trinajstić information content (AvgIpc) is 2.31. The minimum Gasteiger partial charge on any atom is -0.280 e. The molecule has 1 heterocycles. The molecule has 3 nitrogen and oxygen atoms in total. The second kappa shape index (κ2) is 3.49. The van der Waals surface area contributed by atoms with Crippen molar-refractivity contribution >= 4 is 0 Å².